The molecular weight excluding hydrogens is 311 g/mol. The summed E-state index contributed by atoms with van der Waals surface area (Å²) in [6.45, 7) is 0. The van der Waals surface area contributed by atoms with Crippen LogP contribution in [0.5, 0.6) is 0 Å². The number of ether oxygens (including phenoxy) is 2. The Bertz CT molecular complexity index is 413. The van der Waals surface area contributed by atoms with Crippen molar-refractivity contribution in [2.24, 2.45) is 0 Å². The standard InChI is InChI=1S/C9H5F9O2/c10-7(11,12)4-1-5(19-8(13,14)15)3-6(2-4)20-9(16,17)18/h1-2,5H,3H2. The summed E-state index contributed by atoms with van der Waals surface area (Å²) in [5, 5.41) is 0. The molecule has 0 radical (unpaired) electrons. The van der Waals surface area contributed by atoms with Gasteiger partial charge in [0.1, 0.15) is 5.76 Å². The van der Waals surface area contributed by atoms with Gasteiger partial charge in [0.2, 0.25) is 0 Å². The topological polar surface area (TPSA) is 18.5 Å². The second kappa shape index (κ2) is 5.19. The minimum absolute atomic E-state index is 0.0241. The van der Waals surface area contributed by atoms with Crippen LogP contribution in [0.3, 0.4) is 0 Å². The van der Waals surface area contributed by atoms with Gasteiger partial charge in [-0.15, -0.1) is 26.3 Å². The second-order valence-electron chi connectivity index (χ2n) is 3.58. The highest BCUT2D eigenvalue weighted by Crippen LogP contribution is 2.36. The molecule has 20 heavy (non-hydrogen) atoms. The minimum Gasteiger partial charge on any atom is -0.410 e. The van der Waals surface area contributed by atoms with Crippen molar-refractivity contribution in [2.45, 2.75) is 31.4 Å². The van der Waals surface area contributed by atoms with Crippen molar-refractivity contribution in [1.82, 2.24) is 0 Å². The highest BCUT2D eigenvalue weighted by Gasteiger charge is 2.41. The summed E-state index contributed by atoms with van der Waals surface area (Å²) < 4.78 is 115. The molecule has 0 heterocycles. The number of hydrogen-bond acceptors (Lipinski definition) is 2. The SMILES string of the molecule is FC(F)(F)OC1=CC(C(F)(F)F)=CC(OC(F)(F)F)C1. The molecule has 116 valence electrons. The van der Waals surface area contributed by atoms with Gasteiger partial charge in [0, 0.05) is 6.42 Å². The molecule has 0 aliphatic heterocycles. The average molecular weight is 316 g/mol. The first-order chi connectivity index (χ1) is 8.76. The van der Waals surface area contributed by atoms with E-state index in [9.17, 15) is 39.5 Å². The third kappa shape index (κ3) is 5.72. The van der Waals surface area contributed by atoms with Crippen LogP contribution in [-0.2, 0) is 9.47 Å². The molecule has 0 saturated carbocycles. The van der Waals surface area contributed by atoms with Crippen LogP contribution in [-0.4, -0.2) is 25.0 Å². The molecule has 1 rings (SSSR count). The smallest absolute Gasteiger partial charge is 0.410 e. The van der Waals surface area contributed by atoms with E-state index in [1.807, 2.05) is 0 Å². The molecule has 1 unspecified atom stereocenters. The summed E-state index contributed by atoms with van der Waals surface area (Å²) in [5.74, 6) is -1.32. The highest BCUT2D eigenvalue weighted by molar-refractivity contribution is 5.31. The summed E-state index contributed by atoms with van der Waals surface area (Å²) in [4.78, 5) is 0. The van der Waals surface area contributed by atoms with E-state index in [0.717, 1.165) is 0 Å². The fourth-order valence-corrected chi connectivity index (χ4v) is 1.38. The zero-order valence-electron chi connectivity index (χ0n) is 9.16. The van der Waals surface area contributed by atoms with E-state index in [2.05, 4.69) is 9.47 Å². The zero-order chi connectivity index (χ0) is 15.8. The van der Waals surface area contributed by atoms with Crippen molar-refractivity contribution in [1.29, 1.82) is 0 Å². The second-order valence-corrected chi connectivity index (χ2v) is 3.58. The van der Waals surface area contributed by atoms with E-state index in [1.54, 1.807) is 0 Å². The Morgan fingerprint density at radius 1 is 0.900 bits per heavy atom. The number of alkyl halides is 9. The molecule has 0 amide bonds. The van der Waals surface area contributed by atoms with Crippen LogP contribution in [0.4, 0.5) is 39.5 Å². The minimum atomic E-state index is -5.32. The molecular formula is C9H5F9O2. The van der Waals surface area contributed by atoms with Gasteiger partial charge in [0.15, 0.2) is 0 Å². The fourth-order valence-electron chi connectivity index (χ4n) is 1.38. The Morgan fingerprint density at radius 3 is 1.85 bits per heavy atom. The molecule has 1 atom stereocenters. The molecule has 1 aliphatic carbocycles. The number of halogens is 9. The molecule has 0 aromatic carbocycles. The van der Waals surface area contributed by atoms with Crippen LogP contribution >= 0.6 is 0 Å². The molecule has 0 fully saturated rings. The first kappa shape index (κ1) is 16.7. The van der Waals surface area contributed by atoms with Gasteiger partial charge in [-0.25, -0.2) is 0 Å². The maximum Gasteiger partial charge on any atom is 0.572 e. The van der Waals surface area contributed by atoms with Crippen molar-refractivity contribution in [2.75, 3.05) is 0 Å². The molecule has 0 bridgehead atoms. The van der Waals surface area contributed by atoms with Crippen LogP contribution in [0.25, 0.3) is 0 Å². The average Bonchev–Trinajstić information content (AvgIpc) is 2.09. The Kier molecular flexibility index (Phi) is 4.32. The third-order valence-electron chi connectivity index (χ3n) is 1.94. The number of hydrogen-bond donors (Lipinski definition) is 0. The maximum absolute atomic E-state index is 12.4. The van der Waals surface area contributed by atoms with Crippen LogP contribution in [0.1, 0.15) is 6.42 Å². The third-order valence-corrected chi connectivity index (χ3v) is 1.94. The lowest BCUT2D eigenvalue weighted by molar-refractivity contribution is -0.340. The fraction of sp³-hybridized carbons (Fsp3) is 0.556. The molecule has 0 saturated heterocycles. The van der Waals surface area contributed by atoms with Crippen molar-refractivity contribution >= 4 is 0 Å². The molecule has 11 heteroatoms. The van der Waals surface area contributed by atoms with Gasteiger partial charge in [-0.3, -0.25) is 4.74 Å². The highest BCUT2D eigenvalue weighted by atomic mass is 19.4. The van der Waals surface area contributed by atoms with E-state index in [4.69, 9.17) is 0 Å². The Balaban J connectivity index is 2.99. The van der Waals surface area contributed by atoms with Gasteiger partial charge in [-0.2, -0.15) is 13.2 Å². The van der Waals surface area contributed by atoms with Gasteiger partial charge in [0.25, 0.3) is 0 Å². The summed E-state index contributed by atoms with van der Waals surface area (Å²) in [7, 11) is 0. The van der Waals surface area contributed by atoms with Gasteiger partial charge in [0.05, 0.1) is 11.7 Å². The lowest BCUT2D eigenvalue weighted by atomic mass is 10.0. The summed E-state index contributed by atoms with van der Waals surface area (Å²) in [5.41, 5.74) is -1.71. The normalized spacial score (nSPS) is 21.4. The van der Waals surface area contributed by atoms with Crippen LogP contribution in [0.2, 0.25) is 0 Å². The first-order valence-electron chi connectivity index (χ1n) is 4.76. The van der Waals surface area contributed by atoms with Crippen molar-refractivity contribution in [3.63, 3.8) is 0 Å². The summed E-state index contributed by atoms with van der Waals surface area (Å²) >= 11 is 0. The van der Waals surface area contributed by atoms with Crippen LogP contribution in [0, 0.1) is 0 Å². The van der Waals surface area contributed by atoms with Gasteiger partial charge < -0.3 is 4.74 Å². The Labute approximate surface area is 105 Å². The molecule has 0 N–H and O–H groups in total. The van der Waals surface area contributed by atoms with Crippen molar-refractivity contribution < 1.29 is 49.0 Å². The number of allylic oxidation sites excluding steroid dienone is 2. The molecule has 2 nitrogen and oxygen atoms in total. The first-order valence-corrected chi connectivity index (χ1v) is 4.76. The molecule has 0 aromatic heterocycles. The van der Waals surface area contributed by atoms with Gasteiger partial charge >= 0.3 is 18.9 Å². The lowest BCUT2D eigenvalue weighted by Crippen LogP contribution is -2.28. The van der Waals surface area contributed by atoms with E-state index in [-0.39, 0.29) is 12.2 Å². The number of rotatable bonds is 2. The van der Waals surface area contributed by atoms with E-state index < -0.39 is 42.8 Å². The van der Waals surface area contributed by atoms with Crippen molar-refractivity contribution in [3.8, 4) is 0 Å². The lowest BCUT2D eigenvalue weighted by Gasteiger charge is -2.24. The summed E-state index contributed by atoms with van der Waals surface area (Å²) in [6.07, 6.45) is -19.1. The predicted molar refractivity (Wildman–Crippen MR) is 44.9 cm³/mol. The Morgan fingerprint density at radius 2 is 1.45 bits per heavy atom. The maximum atomic E-state index is 12.4. The zero-order valence-corrected chi connectivity index (χ0v) is 9.16. The van der Waals surface area contributed by atoms with Gasteiger partial charge in [-0.1, -0.05) is 0 Å². The van der Waals surface area contributed by atoms with E-state index >= 15 is 0 Å². The van der Waals surface area contributed by atoms with Crippen LogP contribution in [0.15, 0.2) is 23.5 Å². The summed E-state index contributed by atoms with van der Waals surface area (Å²) in [6, 6.07) is 0. The Hall–Kier alpha value is -1.39. The van der Waals surface area contributed by atoms with E-state index in [1.165, 1.54) is 0 Å². The molecule has 0 spiro atoms. The van der Waals surface area contributed by atoms with Crippen LogP contribution < -0.4 is 0 Å². The van der Waals surface area contributed by atoms with E-state index in [0.29, 0.717) is 0 Å². The molecule has 0 aromatic rings. The largest absolute Gasteiger partial charge is 0.572 e. The van der Waals surface area contributed by atoms with Gasteiger partial charge in [-0.05, 0) is 12.2 Å². The predicted octanol–water partition coefficient (Wildman–Crippen LogP) is 4.20. The van der Waals surface area contributed by atoms with Crippen molar-refractivity contribution in [3.05, 3.63) is 23.5 Å². The quantitative estimate of drug-likeness (QED) is 0.711. The molecule has 1 aliphatic rings. The monoisotopic (exact) mass is 316 g/mol.